The summed E-state index contributed by atoms with van der Waals surface area (Å²) >= 11 is 0. The van der Waals surface area contributed by atoms with Gasteiger partial charge in [-0.2, -0.15) is 0 Å². The number of methoxy groups -OCH3 is 2. The largest absolute Gasteiger partial charge is 0.478 e. The van der Waals surface area contributed by atoms with Crippen LogP contribution in [0.3, 0.4) is 0 Å². The molecule has 0 amide bonds. The number of aromatic carboxylic acids is 1. The number of hydrogen-bond acceptors (Lipinski definition) is 7. The SMILES string of the molecule is C=CC1=C(C)c2cc3nc(c(CC(=O)OC)c4[nH]c(cc5[nH]c(cc1n2)c(C)c5CC)c(C)c4C(=O)O)C(CCC(=O)OC)C3C. The predicted octanol–water partition coefficient (Wildman–Crippen LogP) is 6.86. The minimum atomic E-state index is -1.13. The lowest BCUT2D eigenvalue weighted by Crippen LogP contribution is -2.13. The number of esters is 2. The van der Waals surface area contributed by atoms with Gasteiger partial charge in [0.25, 0.3) is 0 Å². The van der Waals surface area contributed by atoms with E-state index in [0.29, 0.717) is 34.5 Å². The fourth-order valence-electron chi connectivity index (χ4n) is 6.69. The van der Waals surface area contributed by atoms with E-state index in [-0.39, 0.29) is 41.7 Å². The van der Waals surface area contributed by atoms with Crippen molar-refractivity contribution in [1.82, 2.24) is 19.9 Å². The number of aryl methyl sites for hydroxylation is 3. The molecule has 0 spiro atoms. The number of aromatic nitrogens is 4. The Morgan fingerprint density at radius 3 is 2.26 bits per heavy atom. The number of carboxylic acids is 1. The van der Waals surface area contributed by atoms with Gasteiger partial charge in [0.05, 0.1) is 48.8 Å². The standard InChI is InChI=1S/C36H40N4O6/c1-9-21-17(3)25-14-27-19(5)23(11-12-31(41)45-7)34(39-27)24(13-32(42)46-8)35-33(36(43)44)20(6)28(40-35)16-30-22(10-2)18(4)26(38-30)15-29(21)37-25/h9,14-16,19,23,38,40H,1,10-13H2,2-8H3,(H,43,44). The zero-order valence-electron chi connectivity index (χ0n) is 27.4. The van der Waals surface area contributed by atoms with E-state index in [2.05, 4.69) is 30.4 Å². The number of H-pyrrole nitrogens is 2. The minimum Gasteiger partial charge on any atom is -0.478 e. The van der Waals surface area contributed by atoms with Crippen molar-refractivity contribution in [3.05, 3.63) is 81.4 Å². The van der Waals surface area contributed by atoms with Crippen molar-refractivity contribution in [2.24, 2.45) is 0 Å². The highest BCUT2D eigenvalue weighted by atomic mass is 16.5. The molecule has 240 valence electrons. The van der Waals surface area contributed by atoms with E-state index in [1.165, 1.54) is 14.2 Å². The monoisotopic (exact) mass is 624 g/mol. The van der Waals surface area contributed by atoms with Crippen molar-refractivity contribution in [1.29, 1.82) is 0 Å². The summed E-state index contributed by atoms with van der Waals surface area (Å²) in [4.78, 5) is 55.0. The van der Waals surface area contributed by atoms with Crippen LogP contribution < -0.4 is 0 Å². The number of ether oxygens (including phenoxy) is 2. The molecule has 5 rings (SSSR count). The van der Waals surface area contributed by atoms with Crippen LogP contribution in [0.1, 0.15) is 101 Å². The van der Waals surface area contributed by atoms with Crippen molar-refractivity contribution in [2.45, 2.75) is 72.1 Å². The molecule has 0 saturated heterocycles. The Morgan fingerprint density at radius 1 is 0.935 bits per heavy atom. The first-order valence-corrected chi connectivity index (χ1v) is 15.4. The van der Waals surface area contributed by atoms with Crippen molar-refractivity contribution in [3.63, 3.8) is 0 Å². The zero-order chi connectivity index (χ0) is 33.4. The predicted molar refractivity (Wildman–Crippen MR) is 178 cm³/mol. The summed E-state index contributed by atoms with van der Waals surface area (Å²) < 4.78 is 10.0. The number of rotatable bonds is 8. The third kappa shape index (κ3) is 5.63. The van der Waals surface area contributed by atoms with Gasteiger partial charge < -0.3 is 24.5 Å². The molecule has 0 radical (unpaired) electrons. The molecule has 0 aromatic carbocycles. The number of carboxylic acid groups (broad SMARTS) is 1. The molecular formula is C36H40N4O6. The molecule has 3 N–H and O–H groups in total. The average Bonchev–Trinajstić information content (AvgIpc) is 3.71. The molecule has 10 heteroatoms. The zero-order valence-corrected chi connectivity index (χ0v) is 27.4. The van der Waals surface area contributed by atoms with Crippen LogP contribution in [0.5, 0.6) is 0 Å². The van der Waals surface area contributed by atoms with Gasteiger partial charge in [-0.1, -0.05) is 26.5 Å². The molecule has 2 unspecified atom stereocenters. The Hall–Kier alpha value is -4.99. The first kappa shape index (κ1) is 32.4. The van der Waals surface area contributed by atoms with Crippen LogP contribution in [0, 0.1) is 13.8 Å². The van der Waals surface area contributed by atoms with Crippen LogP contribution in [0.25, 0.3) is 33.2 Å². The Kier molecular flexibility index (Phi) is 9.01. The number of nitrogens with one attached hydrogen (secondary N) is 2. The molecule has 10 nitrogen and oxygen atoms in total. The van der Waals surface area contributed by atoms with Crippen LogP contribution in [-0.2, 0) is 31.9 Å². The van der Waals surface area contributed by atoms with E-state index < -0.39 is 11.9 Å². The summed E-state index contributed by atoms with van der Waals surface area (Å²) in [6, 6.07) is 5.87. The summed E-state index contributed by atoms with van der Waals surface area (Å²) in [5.41, 5.74) is 10.4. The van der Waals surface area contributed by atoms with E-state index in [1.54, 1.807) is 6.92 Å². The second-order valence-electron chi connectivity index (χ2n) is 11.8. The molecule has 0 saturated carbocycles. The molecule has 3 aromatic heterocycles. The first-order valence-electron chi connectivity index (χ1n) is 15.4. The highest BCUT2D eigenvalue weighted by Gasteiger charge is 2.34. The molecule has 2 aliphatic rings. The number of aromatic amines is 2. The van der Waals surface area contributed by atoms with Crippen molar-refractivity contribution in [2.75, 3.05) is 14.2 Å². The smallest absolute Gasteiger partial charge is 0.338 e. The number of carbonyl (C=O) groups is 3. The van der Waals surface area contributed by atoms with Gasteiger partial charge in [0.15, 0.2) is 0 Å². The highest BCUT2D eigenvalue weighted by molar-refractivity contribution is 6.02. The van der Waals surface area contributed by atoms with E-state index in [4.69, 9.17) is 19.4 Å². The normalized spacial score (nSPS) is 16.0. The van der Waals surface area contributed by atoms with Crippen molar-refractivity contribution in [3.8, 4) is 0 Å². The quantitative estimate of drug-likeness (QED) is 0.230. The van der Waals surface area contributed by atoms with E-state index >= 15 is 0 Å². The topological polar surface area (TPSA) is 147 Å². The average molecular weight is 625 g/mol. The van der Waals surface area contributed by atoms with Gasteiger partial charge in [-0.15, -0.1) is 0 Å². The molecular weight excluding hydrogens is 584 g/mol. The third-order valence-electron chi connectivity index (χ3n) is 9.39. The fraction of sp³-hybridized carbons (Fsp3) is 0.361. The Labute approximate surface area is 267 Å². The number of nitrogens with zero attached hydrogens (tertiary/aromatic N) is 2. The molecule has 0 aliphatic carbocycles. The van der Waals surface area contributed by atoms with Gasteiger partial charge in [0, 0.05) is 51.6 Å². The molecule has 46 heavy (non-hydrogen) atoms. The van der Waals surface area contributed by atoms with E-state index in [0.717, 1.165) is 51.1 Å². The van der Waals surface area contributed by atoms with Gasteiger partial charge >= 0.3 is 17.9 Å². The lowest BCUT2D eigenvalue weighted by atomic mass is 9.85. The van der Waals surface area contributed by atoms with Crippen LogP contribution in [0.15, 0.2) is 30.9 Å². The Balaban J connectivity index is 2.02. The molecule has 2 atom stereocenters. The summed E-state index contributed by atoms with van der Waals surface area (Å²) in [6.07, 6.45) is 2.84. The summed E-state index contributed by atoms with van der Waals surface area (Å²) in [7, 11) is 2.64. The second-order valence-corrected chi connectivity index (χ2v) is 11.8. The maximum absolute atomic E-state index is 12.9. The maximum Gasteiger partial charge on any atom is 0.338 e. The van der Waals surface area contributed by atoms with Gasteiger partial charge in [-0.05, 0) is 74.1 Å². The fourth-order valence-corrected chi connectivity index (χ4v) is 6.69. The van der Waals surface area contributed by atoms with Gasteiger partial charge in [-0.3, -0.25) is 14.6 Å². The van der Waals surface area contributed by atoms with Crippen LogP contribution >= 0.6 is 0 Å². The number of hydrogen-bond donors (Lipinski definition) is 3. The second kappa shape index (κ2) is 12.8. The lowest BCUT2D eigenvalue weighted by molar-refractivity contribution is -0.141. The molecule has 5 heterocycles. The maximum atomic E-state index is 12.9. The molecule has 0 fully saturated rings. The van der Waals surface area contributed by atoms with Crippen LogP contribution in [0.2, 0.25) is 0 Å². The van der Waals surface area contributed by atoms with E-state index in [1.807, 2.05) is 38.1 Å². The summed E-state index contributed by atoms with van der Waals surface area (Å²) in [6.45, 7) is 14.0. The summed E-state index contributed by atoms with van der Waals surface area (Å²) in [5.74, 6) is -2.55. The van der Waals surface area contributed by atoms with Crippen LogP contribution in [0.4, 0.5) is 0 Å². The minimum absolute atomic E-state index is 0.0514. The van der Waals surface area contributed by atoms with E-state index in [9.17, 15) is 19.5 Å². The van der Waals surface area contributed by atoms with Crippen molar-refractivity contribution >= 4 is 51.1 Å². The molecule has 3 aromatic rings. The lowest BCUT2D eigenvalue weighted by Gasteiger charge is -2.17. The van der Waals surface area contributed by atoms with Gasteiger partial charge in [0.1, 0.15) is 0 Å². The molecule has 2 aliphatic heterocycles. The van der Waals surface area contributed by atoms with Crippen LogP contribution in [-0.4, -0.2) is 57.2 Å². The first-order chi connectivity index (χ1) is 21.9. The summed E-state index contributed by atoms with van der Waals surface area (Å²) in [5, 5.41) is 10.5. The van der Waals surface area contributed by atoms with Crippen molar-refractivity contribution < 1.29 is 29.0 Å². The Morgan fingerprint density at radius 2 is 1.63 bits per heavy atom. The highest BCUT2D eigenvalue weighted by Crippen LogP contribution is 2.43. The number of carbonyl (C=O) groups excluding carboxylic acids is 2. The van der Waals surface area contributed by atoms with Gasteiger partial charge in [-0.25, -0.2) is 9.78 Å². The van der Waals surface area contributed by atoms with Gasteiger partial charge in [0.2, 0.25) is 0 Å². The Bertz CT molecular complexity index is 1980. The molecule has 8 bridgehead atoms. The number of allylic oxidation sites excluding steroid dienone is 3. The third-order valence-corrected chi connectivity index (χ3v) is 9.39. The number of fused-ring (bicyclic) bond motifs is 8.